The third kappa shape index (κ3) is 3.39. The van der Waals surface area contributed by atoms with Crippen LogP contribution in [0.2, 0.25) is 0 Å². The number of nitrogens with one attached hydrogen (secondary N) is 1. The summed E-state index contributed by atoms with van der Waals surface area (Å²) in [6.45, 7) is 0.739. The Kier molecular flexibility index (Phi) is 4.31. The molecule has 0 aliphatic rings. The van der Waals surface area contributed by atoms with Crippen molar-refractivity contribution in [3.8, 4) is 0 Å². The van der Waals surface area contributed by atoms with Crippen molar-refractivity contribution in [2.45, 2.75) is 11.1 Å². The molecule has 0 spiro atoms. The first-order valence-electron chi connectivity index (χ1n) is 5.77. The van der Waals surface area contributed by atoms with E-state index in [4.69, 9.17) is 0 Å². The van der Waals surface area contributed by atoms with Crippen LogP contribution in [0.3, 0.4) is 0 Å². The summed E-state index contributed by atoms with van der Waals surface area (Å²) >= 11 is 1.40. The van der Waals surface area contributed by atoms with Crippen LogP contribution >= 0.6 is 11.8 Å². The van der Waals surface area contributed by atoms with E-state index in [-0.39, 0.29) is 0 Å². The van der Waals surface area contributed by atoms with Crippen LogP contribution in [0.15, 0.2) is 35.2 Å². The number of nitrogens with zero attached hydrogens (tertiary/aromatic N) is 1. The summed E-state index contributed by atoms with van der Waals surface area (Å²) in [6.07, 6.45) is -4.41. The molecule has 1 N–H and O–H groups in total. The van der Waals surface area contributed by atoms with Crippen molar-refractivity contribution in [3.05, 3.63) is 36.0 Å². The van der Waals surface area contributed by atoms with E-state index in [1.807, 2.05) is 7.05 Å². The Hall–Kier alpha value is -1.27. The van der Waals surface area contributed by atoms with Gasteiger partial charge in [-0.2, -0.15) is 13.2 Å². The summed E-state index contributed by atoms with van der Waals surface area (Å²) in [7, 11) is 1.81. The normalized spacial score (nSPS) is 12.0. The van der Waals surface area contributed by atoms with Crippen molar-refractivity contribution in [2.24, 2.45) is 0 Å². The van der Waals surface area contributed by atoms with Gasteiger partial charge >= 0.3 is 6.18 Å². The van der Waals surface area contributed by atoms with E-state index in [2.05, 4.69) is 10.3 Å². The van der Waals surface area contributed by atoms with Gasteiger partial charge in [-0.3, -0.25) is 0 Å². The van der Waals surface area contributed by atoms with Crippen molar-refractivity contribution in [1.29, 1.82) is 0 Å². The minimum absolute atomic E-state index is 0.379. The molecule has 0 radical (unpaired) electrons. The first kappa shape index (κ1) is 14.1. The highest BCUT2D eigenvalue weighted by molar-refractivity contribution is 7.99. The number of para-hydroxylation sites is 1. The third-order valence-electron chi connectivity index (χ3n) is 2.58. The number of hydrogen-bond donors (Lipinski definition) is 1. The average molecular weight is 286 g/mol. The lowest BCUT2D eigenvalue weighted by atomic mass is 10.2. The number of aromatic nitrogens is 1. The Morgan fingerprint density at radius 1 is 1.26 bits per heavy atom. The summed E-state index contributed by atoms with van der Waals surface area (Å²) in [5.74, 6) is 0.710. The van der Waals surface area contributed by atoms with E-state index >= 15 is 0 Å². The molecule has 0 amide bonds. The molecule has 0 bridgehead atoms. The smallest absolute Gasteiger partial charge is 0.319 e. The molecule has 2 rings (SSSR count). The van der Waals surface area contributed by atoms with Crippen LogP contribution in [0.25, 0.3) is 10.9 Å². The SMILES string of the molecule is CNCCSc1cc(C(F)(F)F)nc2ccccc12. The van der Waals surface area contributed by atoms with E-state index in [1.54, 1.807) is 24.3 Å². The van der Waals surface area contributed by atoms with Crippen LogP contribution in [0, 0.1) is 0 Å². The largest absolute Gasteiger partial charge is 0.433 e. The van der Waals surface area contributed by atoms with E-state index in [1.165, 1.54) is 11.8 Å². The van der Waals surface area contributed by atoms with E-state index in [0.717, 1.165) is 18.0 Å². The maximum Gasteiger partial charge on any atom is 0.433 e. The fourth-order valence-corrected chi connectivity index (χ4v) is 2.72. The minimum Gasteiger partial charge on any atom is -0.319 e. The van der Waals surface area contributed by atoms with Crippen molar-refractivity contribution >= 4 is 22.7 Å². The summed E-state index contributed by atoms with van der Waals surface area (Å²) in [6, 6.07) is 8.02. The predicted molar refractivity (Wildman–Crippen MR) is 71.4 cm³/mol. The van der Waals surface area contributed by atoms with Crippen molar-refractivity contribution in [1.82, 2.24) is 10.3 Å². The predicted octanol–water partition coefficient (Wildman–Crippen LogP) is 3.57. The van der Waals surface area contributed by atoms with E-state index in [0.29, 0.717) is 16.2 Å². The molecule has 0 fully saturated rings. The molecule has 19 heavy (non-hydrogen) atoms. The summed E-state index contributed by atoms with van der Waals surface area (Å²) in [4.78, 5) is 4.30. The molecule has 1 heterocycles. The molecule has 2 aromatic rings. The first-order valence-corrected chi connectivity index (χ1v) is 6.75. The van der Waals surface area contributed by atoms with Crippen LogP contribution in [0.4, 0.5) is 13.2 Å². The zero-order chi connectivity index (χ0) is 13.9. The lowest BCUT2D eigenvalue weighted by Crippen LogP contribution is -2.10. The quantitative estimate of drug-likeness (QED) is 0.687. The Labute approximate surface area is 113 Å². The second-order valence-corrected chi connectivity index (χ2v) is 5.11. The van der Waals surface area contributed by atoms with Crippen LogP contribution in [-0.2, 0) is 6.18 Å². The number of halogens is 3. The maximum atomic E-state index is 12.8. The van der Waals surface area contributed by atoms with Gasteiger partial charge in [0.1, 0.15) is 5.69 Å². The number of alkyl halides is 3. The molecule has 0 unspecified atom stereocenters. The van der Waals surface area contributed by atoms with Gasteiger partial charge in [0.2, 0.25) is 0 Å². The fourth-order valence-electron chi connectivity index (χ4n) is 1.67. The zero-order valence-electron chi connectivity index (χ0n) is 10.3. The Balaban J connectivity index is 2.46. The van der Waals surface area contributed by atoms with Gasteiger partial charge in [0.25, 0.3) is 0 Å². The summed E-state index contributed by atoms with van der Waals surface area (Å²) < 4.78 is 38.4. The first-order chi connectivity index (χ1) is 9.02. The van der Waals surface area contributed by atoms with Gasteiger partial charge in [0.05, 0.1) is 5.52 Å². The average Bonchev–Trinajstić information content (AvgIpc) is 2.37. The van der Waals surface area contributed by atoms with Gasteiger partial charge < -0.3 is 5.32 Å². The number of rotatable bonds is 4. The number of hydrogen-bond acceptors (Lipinski definition) is 3. The molecule has 0 aliphatic carbocycles. The van der Waals surface area contributed by atoms with Crippen LogP contribution in [0.1, 0.15) is 5.69 Å². The van der Waals surface area contributed by atoms with Crippen LogP contribution in [0.5, 0.6) is 0 Å². The molecule has 2 nitrogen and oxygen atoms in total. The molecule has 6 heteroatoms. The molecular formula is C13H13F3N2S. The Bertz CT molecular complexity index is 569. The minimum atomic E-state index is -4.41. The van der Waals surface area contributed by atoms with Gasteiger partial charge in [0, 0.05) is 22.6 Å². The molecular weight excluding hydrogens is 273 g/mol. The van der Waals surface area contributed by atoms with Crippen LogP contribution in [-0.4, -0.2) is 24.3 Å². The zero-order valence-corrected chi connectivity index (χ0v) is 11.1. The van der Waals surface area contributed by atoms with Crippen molar-refractivity contribution in [2.75, 3.05) is 19.3 Å². The molecule has 1 aromatic carbocycles. The van der Waals surface area contributed by atoms with E-state index < -0.39 is 11.9 Å². The Morgan fingerprint density at radius 2 is 2.00 bits per heavy atom. The lowest BCUT2D eigenvalue weighted by molar-refractivity contribution is -0.141. The monoisotopic (exact) mass is 286 g/mol. The van der Waals surface area contributed by atoms with Gasteiger partial charge in [-0.25, -0.2) is 4.98 Å². The second-order valence-electron chi connectivity index (χ2n) is 3.97. The number of thioether (sulfide) groups is 1. The standard InChI is InChI=1S/C13H13F3N2S/c1-17-6-7-19-11-8-12(13(14,15)16)18-10-5-3-2-4-9(10)11/h2-5,8,17H,6-7H2,1H3. The highest BCUT2D eigenvalue weighted by atomic mass is 32.2. The van der Waals surface area contributed by atoms with Gasteiger partial charge in [-0.15, -0.1) is 11.8 Å². The van der Waals surface area contributed by atoms with Crippen LogP contribution < -0.4 is 5.32 Å². The number of pyridine rings is 1. The summed E-state index contributed by atoms with van der Waals surface area (Å²) in [5.41, 5.74) is -0.456. The highest BCUT2D eigenvalue weighted by Crippen LogP contribution is 2.34. The summed E-state index contributed by atoms with van der Waals surface area (Å²) in [5, 5.41) is 3.73. The van der Waals surface area contributed by atoms with Gasteiger partial charge in [-0.1, -0.05) is 18.2 Å². The second kappa shape index (κ2) is 5.79. The maximum absolute atomic E-state index is 12.8. The topological polar surface area (TPSA) is 24.9 Å². The van der Waals surface area contributed by atoms with E-state index in [9.17, 15) is 13.2 Å². The fraction of sp³-hybridized carbons (Fsp3) is 0.308. The number of benzene rings is 1. The molecule has 0 atom stereocenters. The van der Waals surface area contributed by atoms with Gasteiger partial charge in [0.15, 0.2) is 0 Å². The molecule has 102 valence electrons. The molecule has 0 aliphatic heterocycles. The van der Waals surface area contributed by atoms with Crippen molar-refractivity contribution in [3.63, 3.8) is 0 Å². The molecule has 0 saturated heterocycles. The van der Waals surface area contributed by atoms with Crippen molar-refractivity contribution < 1.29 is 13.2 Å². The van der Waals surface area contributed by atoms with Gasteiger partial charge in [-0.05, 0) is 19.2 Å². The molecule has 1 aromatic heterocycles. The Morgan fingerprint density at radius 3 is 2.68 bits per heavy atom. The third-order valence-corrected chi connectivity index (χ3v) is 3.64. The number of fused-ring (bicyclic) bond motifs is 1. The highest BCUT2D eigenvalue weighted by Gasteiger charge is 2.33. The molecule has 0 saturated carbocycles. The lowest BCUT2D eigenvalue weighted by Gasteiger charge is -2.11.